The molecule has 0 radical (unpaired) electrons. The van der Waals surface area contributed by atoms with Crippen molar-refractivity contribution in [3.05, 3.63) is 156 Å². The lowest BCUT2D eigenvalue weighted by atomic mass is 10.2. The van der Waals surface area contributed by atoms with Gasteiger partial charge in [-0.25, -0.2) is 0 Å². The van der Waals surface area contributed by atoms with E-state index < -0.39 is 22.0 Å². The van der Waals surface area contributed by atoms with E-state index in [0.717, 1.165) is 23.5 Å². The zero-order valence-electron chi connectivity index (χ0n) is 21.7. The van der Waals surface area contributed by atoms with Crippen LogP contribution in [-0.4, -0.2) is 13.3 Å². The predicted octanol–water partition coefficient (Wildman–Crippen LogP) is 6.89. The van der Waals surface area contributed by atoms with Gasteiger partial charge in [0.15, 0.2) is 0 Å². The van der Waals surface area contributed by atoms with Crippen LogP contribution in [0, 0.1) is 21.8 Å². The summed E-state index contributed by atoms with van der Waals surface area (Å²) in [4.78, 5) is 12.2. The van der Waals surface area contributed by atoms with E-state index >= 15 is 0 Å². The molecule has 0 saturated carbocycles. The van der Waals surface area contributed by atoms with E-state index in [9.17, 15) is 18.5 Å². The first-order valence-electron chi connectivity index (χ1n) is 12.6. The van der Waals surface area contributed by atoms with Gasteiger partial charge in [-0.3, -0.25) is 15.0 Å². The number of anilines is 2. The number of hydrogen-bond donors (Lipinski definition) is 0. The highest BCUT2D eigenvalue weighted by atomic mass is 32.2. The summed E-state index contributed by atoms with van der Waals surface area (Å²) in [6.45, 7) is 0. The maximum atomic E-state index is 13.9. The summed E-state index contributed by atoms with van der Waals surface area (Å²) in [5.41, 5.74) is 4.76. The Labute approximate surface area is 239 Å². The number of para-hydroxylation sites is 2. The van der Waals surface area contributed by atoms with Crippen LogP contribution >= 0.6 is 7.05 Å². The van der Waals surface area contributed by atoms with Crippen LogP contribution in [0.2, 0.25) is 0 Å². The second kappa shape index (κ2) is 12.1. The Morgan fingerprint density at radius 3 is 1.46 bits per heavy atom. The van der Waals surface area contributed by atoms with Crippen LogP contribution in [0.15, 0.2) is 155 Å². The van der Waals surface area contributed by atoms with Gasteiger partial charge in [0.05, 0.1) is 21.2 Å². The highest BCUT2D eigenvalue weighted by molar-refractivity contribution is 7.98. The van der Waals surface area contributed by atoms with E-state index in [0.29, 0.717) is 10.6 Å². The number of hydrogen-bond acceptors (Lipinski definition) is 5. The van der Waals surface area contributed by atoms with Gasteiger partial charge < -0.3 is 0 Å². The number of sulfonamides is 1. The van der Waals surface area contributed by atoms with Gasteiger partial charge in [0.25, 0.3) is 15.7 Å². The molecule has 0 unspecified atom stereocenters. The van der Waals surface area contributed by atoms with Crippen molar-refractivity contribution in [3.8, 4) is 11.7 Å². The molecule has 0 heterocycles. The van der Waals surface area contributed by atoms with E-state index in [1.165, 1.54) is 12.1 Å². The lowest BCUT2D eigenvalue weighted by Gasteiger charge is -2.22. The van der Waals surface area contributed by atoms with Crippen LogP contribution in [0.1, 0.15) is 0 Å². The van der Waals surface area contributed by atoms with Gasteiger partial charge in [0.2, 0.25) is 0 Å². The monoisotopic (exact) mass is 577 g/mol. The lowest BCUT2D eigenvalue weighted by Crippen LogP contribution is -2.17. The summed E-state index contributed by atoms with van der Waals surface area (Å²) >= 11 is 0. The minimum atomic E-state index is -4.30. The average Bonchev–Trinajstić information content (AvgIpc) is 3.02. The highest BCUT2D eigenvalue weighted by Crippen LogP contribution is 2.48. The molecule has 0 aliphatic rings. The van der Waals surface area contributed by atoms with Crippen molar-refractivity contribution in [3.63, 3.8) is 0 Å². The number of nitro benzene ring substituents is 1. The minimum absolute atomic E-state index is 0.149. The van der Waals surface area contributed by atoms with E-state index in [2.05, 4.69) is 15.9 Å². The Bertz CT molecular complexity index is 1790. The second-order valence-corrected chi connectivity index (χ2v) is 13.4. The fraction of sp³-hybridized carbons (Fsp3) is 0. The third-order valence-corrected chi connectivity index (χ3v) is 11.4. The molecule has 5 rings (SSSR count). The fourth-order valence-electron chi connectivity index (χ4n) is 4.18. The van der Waals surface area contributed by atoms with Crippen molar-refractivity contribution < 1.29 is 13.3 Å². The molecule has 0 atom stereocenters. The predicted molar refractivity (Wildman–Crippen MR) is 165 cm³/mol. The number of benzene rings is 5. The fourth-order valence-corrected chi connectivity index (χ4v) is 9.26. The minimum Gasteiger partial charge on any atom is -0.270 e. The topological polar surface area (TPSA) is 92.9 Å². The van der Waals surface area contributed by atoms with Gasteiger partial charge >= 0.3 is 0 Å². The standard InChI is InChI=1S/C32H24N3O4PS/c36-35(37)29-21-23-32(24-22-29)41(38,39)33-40(30-17-9-3-10-18-30,31-19-11-4-12-20-31)26-25-34(27-13-5-1-6-14-27)28-15-7-2-8-16-28/h1-24H. The number of nitro groups is 1. The maximum absolute atomic E-state index is 13.9. The molecule has 0 fully saturated rings. The van der Waals surface area contributed by atoms with Crippen molar-refractivity contribution in [2.24, 2.45) is 4.15 Å². The maximum Gasteiger partial charge on any atom is 0.282 e. The van der Waals surface area contributed by atoms with Crippen LogP contribution in [0.5, 0.6) is 0 Å². The molecule has 202 valence electrons. The molecule has 5 aromatic rings. The zero-order chi connectivity index (χ0) is 28.7. The molecular formula is C32H24N3O4PS. The summed E-state index contributed by atoms with van der Waals surface area (Å²) in [7, 11) is -7.62. The molecule has 9 heteroatoms. The number of non-ortho nitro benzene ring substituents is 1. The lowest BCUT2D eigenvalue weighted by molar-refractivity contribution is -0.384. The summed E-state index contributed by atoms with van der Waals surface area (Å²) in [5, 5.41) is 12.5. The first-order valence-corrected chi connectivity index (χ1v) is 15.7. The Hall–Kier alpha value is -4.96. The molecule has 5 aromatic carbocycles. The van der Waals surface area contributed by atoms with Gasteiger partial charge in [-0.15, -0.1) is 0 Å². The van der Waals surface area contributed by atoms with Crippen LogP contribution in [0.25, 0.3) is 0 Å². The van der Waals surface area contributed by atoms with Crippen LogP contribution in [-0.2, 0) is 10.0 Å². The summed E-state index contributed by atoms with van der Waals surface area (Å²) in [6.07, 6.45) is 0. The average molecular weight is 578 g/mol. The normalized spacial score (nSPS) is 11.1. The quantitative estimate of drug-likeness (QED) is 0.0690. The summed E-state index contributed by atoms with van der Waals surface area (Å²) in [6, 6.07) is 45.5. The Balaban J connectivity index is 1.81. The van der Waals surface area contributed by atoms with Crippen LogP contribution < -0.4 is 15.5 Å². The van der Waals surface area contributed by atoms with Crippen LogP contribution in [0.3, 0.4) is 0 Å². The van der Waals surface area contributed by atoms with Crippen molar-refractivity contribution in [2.45, 2.75) is 4.90 Å². The van der Waals surface area contributed by atoms with E-state index in [1.54, 1.807) is 0 Å². The van der Waals surface area contributed by atoms with Crippen molar-refractivity contribution in [2.75, 3.05) is 4.90 Å². The molecule has 0 aromatic heterocycles. The molecule has 0 bridgehead atoms. The molecule has 0 aliphatic carbocycles. The van der Waals surface area contributed by atoms with Gasteiger partial charge in [-0.05, 0) is 42.1 Å². The molecule has 0 spiro atoms. The van der Waals surface area contributed by atoms with Gasteiger partial charge in [0, 0.05) is 28.8 Å². The smallest absolute Gasteiger partial charge is 0.270 e. The first kappa shape index (κ1) is 27.6. The van der Waals surface area contributed by atoms with Gasteiger partial charge in [0.1, 0.15) is 7.05 Å². The third-order valence-electron chi connectivity index (χ3n) is 6.19. The van der Waals surface area contributed by atoms with Gasteiger partial charge in [-0.1, -0.05) is 97.1 Å². The summed E-state index contributed by atoms with van der Waals surface area (Å²) < 4.78 is 32.3. The summed E-state index contributed by atoms with van der Waals surface area (Å²) in [5.74, 6) is 0. The van der Waals surface area contributed by atoms with Gasteiger partial charge in [-0.2, -0.15) is 12.6 Å². The SMILES string of the molecule is O=[N+]([O-])c1ccc(S(=O)(=O)N=P(C#CN(c2ccccc2)c2ccccc2)(c2ccccc2)c2ccccc2)cc1. The Morgan fingerprint density at radius 1 is 0.634 bits per heavy atom. The Kier molecular flexibility index (Phi) is 8.11. The molecular weight excluding hydrogens is 553 g/mol. The first-order chi connectivity index (χ1) is 19.9. The Morgan fingerprint density at radius 2 is 1.05 bits per heavy atom. The van der Waals surface area contributed by atoms with E-state index in [-0.39, 0.29) is 10.6 Å². The van der Waals surface area contributed by atoms with Crippen LogP contribution in [0.4, 0.5) is 17.1 Å². The molecule has 7 nitrogen and oxygen atoms in total. The molecule has 0 amide bonds. The second-order valence-electron chi connectivity index (χ2n) is 8.84. The zero-order valence-corrected chi connectivity index (χ0v) is 23.4. The third kappa shape index (κ3) is 6.12. The van der Waals surface area contributed by atoms with E-state index in [1.807, 2.05) is 126 Å². The van der Waals surface area contributed by atoms with E-state index in [4.69, 9.17) is 0 Å². The van der Waals surface area contributed by atoms with Crippen molar-refractivity contribution in [1.82, 2.24) is 0 Å². The molecule has 0 aliphatic heterocycles. The largest absolute Gasteiger partial charge is 0.282 e. The highest BCUT2D eigenvalue weighted by Gasteiger charge is 2.28. The van der Waals surface area contributed by atoms with Crippen molar-refractivity contribution in [1.29, 1.82) is 0 Å². The molecule has 0 N–H and O–H groups in total. The number of rotatable bonds is 7. The molecule has 41 heavy (non-hydrogen) atoms. The number of nitrogens with zero attached hydrogens (tertiary/aromatic N) is 3. The molecule has 0 saturated heterocycles. The van der Waals surface area contributed by atoms with Crippen molar-refractivity contribution >= 4 is 44.7 Å².